The van der Waals surface area contributed by atoms with Crippen molar-refractivity contribution in [1.29, 1.82) is 0 Å². The van der Waals surface area contributed by atoms with Crippen molar-refractivity contribution in [2.45, 2.75) is 31.7 Å². The van der Waals surface area contributed by atoms with Gasteiger partial charge in [-0.2, -0.15) is 0 Å². The first kappa shape index (κ1) is 8.65. The van der Waals surface area contributed by atoms with Gasteiger partial charge in [-0.25, -0.2) is 4.98 Å². The molecule has 0 aliphatic rings. The van der Waals surface area contributed by atoms with Crippen LogP contribution in [0.1, 0.15) is 32.4 Å². The molecule has 0 radical (unpaired) electrons. The number of aromatic amines is 1. The summed E-state index contributed by atoms with van der Waals surface area (Å²) in [5.41, 5.74) is 1.26. The van der Waals surface area contributed by atoms with Crippen LogP contribution in [0, 0.1) is 0 Å². The molecule has 0 aliphatic heterocycles. The van der Waals surface area contributed by atoms with Crippen LogP contribution in [-0.4, -0.2) is 15.7 Å². The first-order valence-corrected chi connectivity index (χ1v) is 4.90. The summed E-state index contributed by atoms with van der Waals surface area (Å²) in [6.45, 7) is 6.49. The van der Waals surface area contributed by atoms with Crippen molar-refractivity contribution < 1.29 is 0 Å². The maximum Gasteiger partial charge on any atom is 0.117 e. The van der Waals surface area contributed by atoms with Crippen molar-refractivity contribution in [2.24, 2.45) is 0 Å². The van der Waals surface area contributed by atoms with Crippen molar-refractivity contribution in [2.75, 3.05) is 5.75 Å². The predicted molar refractivity (Wildman–Crippen MR) is 49.1 cm³/mol. The summed E-state index contributed by atoms with van der Waals surface area (Å²) in [5.74, 6) is 1.64. The maximum absolute atomic E-state index is 4.23. The number of hydrogen-bond acceptors (Lipinski definition) is 2. The van der Waals surface area contributed by atoms with E-state index in [2.05, 4.69) is 30.7 Å². The van der Waals surface area contributed by atoms with Gasteiger partial charge in [-0.15, -0.1) is 11.8 Å². The summed E-state index contributed by atoms with van der Waals surface area (Å²) in [5, 5.41) is 1.16. The number of nitrogens with zero attached hydrogens (tertiary/aromatic N) is 1. The van der Waals surface area contributed by atoms with E-state index in [4.69, 9.17) is 0 Å². The maximum atomic E-state index is 4.23. The highest BCUT2D eigenvalue weighted by Gasteiger charge is 2.07. The summed E-state index contributed by atoms with van der Waals surface area (Å²) in [4.78, 5) is 7.39. The van der Waals surface area contributed by atoms with Crippen LogP contribution in [0.3, 0.4) is 0 Å². The Bertz CT molecular complexity index is 218. The van der Waals surface area contributed by atoms with Gasteiger partial charge in [0, 0.05) is 0 Å². The fourth-order valence-electron chi connectivity index (χ4n) is 0.957. The van der Waals surface area contributed by atoms with Gasteiger partial charge < -0.3 is 4.98 Å². The minimum absolute atomic E-state index is 0.548. The molecule has 1 aromatic heterocycles. The molecule has 0 bridgehead atoms. The minimum Gasteiger partial charge on any atom is -0.347 e. The van der Waals surface area contributed by atoms with Crippen molar-refractivity contribution >= 4 is 11.8 Å². The van der Waals surface area contributed by atoms with Gasteiger partial charge in [-0.05, 0) is 11.7 Å². The van der Waals surface area contributed by atoms with Crippen molar-refractivity contribution in [3.8, 4) is 0 Å². The average Bonchev–Trinajstić information content (AvgIpc) is 2.36. The van der Waals surface area contributed by atoms with Gasteiger partial charge in [0.15, 0.2) is 0 Å². The molecule has 11 heavy (non-hydrogen) atoms. The Hall–Kier alpha value is -0.440. The largest absolute Gasteiger partial charge is 0.347 e. The fourth-order valence-corrected chi connectivity index (χ4v) is 1.81. The molecule has 3 heteroatoms. The lowest BCUT2D eigenvalue weighted by atomic mass is 10.2. The summed E-state index contributed by atoms with van der Waals surface area (Å²) in [6.07, 6.45) is 1.77. The van der Waals surface area contributed by atoms with Crippen LogP contribution >= 0.6 is 11.8 Å². The van der Waals surface area contributed by atoms with Crippen LogP contribution in [0.2, 0.25) is 0 Å². The lowest BCUT2D eigenvalue weighted by Crippen LogP contribution is -1.89. The Morgan fingerprint density at radius 2 is 2.36 bits per heavy atom. The Balaban J connectivity index is 2.78. The summed E-state index contributed by atoms with van der Waals surface area (Å²) >= 11 is 1.79. The quantitative estimate of drug-likeness (QED) is 0.706. The zero-order chi connectivity index (χ0) is 8.27. The molecule has 0 fully saturated rings. The van der Waals surface area contributed by atoms with Gasteiger partial charge in [0.1, 0.15) is 5.03 Å². The number of H-pyrrole nitrogens is 1. The Morgan fingerprint density at radius 1 is 1.64 bits per heavy atom. The molecular weight excluding hydrogens is 156 g/mol. The van der Waals surface area contributed by atoms with E-state index < -0.39 is 0 Å². The Morgan fingerprint density at radius 3 is 2.91 bits per heavy atom. The minimum atomic E-state index is 0.548. The lowest BCUT2D eigenvalue weighted by Gasteiger charge is -2.03. The van der Waals surface area contributed by atoms with Gasteiger partial charge in [0.2, 0.25) is 0 Å². The van der Waals surface area contributed by atoms with E-state index in [9.17, 15) is 0 Å². The molecule has 0 saturated carbocycles. The fraction of sp³-hybridized carbons (Fsp3) is 0.625. The molecule has 1 rings (SSSR count). The van der Waals surface area contributed by atoms with E-state index in [1.54, 1.807) is 18.1 Å². The van der Waals surface area contributed by atoms with Gasteiger partial charge in [0.25, 0.3) is 0 Å². The second-order valence-corrected chi connectivity index (χ2v) is 3.96. The Labute approximate surface area is 71.8 Å². The third-order valence-corrected chi connectivity index (χ3v) is 2.38. The number of aromatic nitrogens is 2. The molecule has 0 unspecified atom stereocenters. The van der Waals surface area contributed by atoms with Gasteiger partial charge in [0.05, 0.1) is 12.0 Å². The number of rotatable bonds is 3. The molecule has 0 atom stereocenters. The first-order chi connectivity index (χ1) is 5.25. The van der Waals surface area contributed by atoms with Crippen LogP contribution in [0.4, 0.5) is 0 Å². The van der Waals surface area contributed by atoms with Crippen molar-refractivity contribution in [1.82, 2.24) is 9.97 Å². The SMILES string of the molecule is CCSc1nc[nH]c1C(C)C. The predicted octanol–water partition coefficient (Wildman–Crippen LogP) is 2.65. The van der Waals surface area contributed by atoms with E-state index in [0.717, 1.165) is 10.8 Å². The summed E-state index contributed by atoms with van der Waals surface area (Å²) in [6, 6.07) is 0. The van der Waals surface area contributed by atoms with Crippen LogP contribution < -0.4 is 0 Å². The van der Waals surface area contributed by atoms with E-state index in [0.29, 0.717) is 5.92 Å². The second kappa shape index (κ2) is 3.81. The molecular formula is C8H14N2S. The van der Waals surface area contributed by atoms with Crippen molar-refractivity contribution in [3.63, 3.8) is 0 Å². The van der Waals surface area contributed by atoms with Gasteiger partial charge in [-0.1, -0.05) is 20.8 Å². The molecule has 1 N–H and O–H groups in total. The second-order valence-electron chi connectivity index (χ2n) is 2.71. The van der Waals surface area contributed by atoms with Crippen LogP contribution in [-0.2, 0) is 0 Å². The first-order valence-electron chi connectivity index (χ1n) is 3.91. The standard InChI is InChI=1S/C8H14N2S/c1-4-11-8-7(6(2)3)9-5-10-8/h5-6H,4H2,1-3H3,(H,9,10). The Kier molecular flexibility index (Phi) is 3.00. The highest BCUT2D eigenvalue weighted by atomic mass is 32.2. The van der Waals surface area contributed by atoms with E-state index in [-0.39, 0.29) is 0 Å². The third-order valence-electron chi connectivity index (χ3n) is 1.49. The zero-order valence-electron chi connectivity index (χ0n) is 7.22. The molecule has 0 aromatic carbocycles. The van der Waals surface area contributed by atoms with Crippen molar-refractivity contribution in [3.05, 3.63) is 12.0 Å². The number of nitrogens with one attached hydrogen (secondary N) is 1. The molecule has 0 aliphatic carbocycles. The molecule has 62 valence electrons. The van der Waals surface area contributed by atoms with Crippen LogP contribution in [0.15, 0.2) is 11.4 Å². The lowest BCUT2D eigenvalue weighted by molar-refractivity contribution is 0.805. The van der Waals surface area contributed by atoms with Crippen LogP contribution in [0.5, 0.6) is 0 Å². The molecule has 0 spiro atoms. The van der Waals surface area contributed by atoms with Crippen LogP contribution in [0.25, 0.3) is 0 Å². The molecule has 0 amide bonds. The number of hydrogen-bond donors (Lipinski definition) is 1. The summed E-state index contributed by atoms with van der Waals surface area (Å²) in [7, 11) is 0. The summed E-state index contributed by atoms with van der Waals surface area (Å²) < 4.78 is 0. The third kappa shape index (κ3) is 1.99. The number of thioether (sulfide) groups is 1. The van der Waals surface area contributed by atoms with E-state index >= 15 is 0 Å². The normalized spacial score (nSPS) is 10.9. The molecule has 1 heterocycles. The monoisotopic (exact) mass is 170 g/mol. The molecule has 1 aromatic rings. The zero-order valence-corrected chi connectivity index (χ0v) is 8.03. The highest BCUT2D eigenvalue weighted by molar-refractivity contribution is 7.99. The van der Waals surface area contributed by atoms with E-state index in [1.807, 2.05) is 0 Å². The molecule has 0 saturated heterocycles. The topological polar surface area (TPSA) is 28.7 Å². The van der Waals surface area contributed by atoms with E-state index in [1.165, 1.54) is 5.69 Å². The number of imidazole rings is 1. The van der Waals surface area contributed by atoms with Gasteiger partial charge >= 0.3 is 0 Å². The molecule has 2 nitrogen and oxygen atoms in total. The average molecular weight is 170 g/mol. The smallest absolute Gasteiger partial charge is 0.117 e. The highest BCUT2D eigenvalue weighted by Crippen LogP contribution is 2.24. The van der Waals surface area contributed by atoms with Gasteiger partial charge in [-0.3, -0.25) is 0 Å².